The third kappa shape index (κ3) is 4.39. The lowest BCUT2D eigenvalue weighted by atomic mass is 10.1. The second-order valence-electron chi connectivity index (χ2n) is 8.02. The fraction of sp³-hybridized carbons (Fsp3) is 0.231. The van der Waals surface area contributed by atoms with Gasteiger partial charge in [-0.05, 0) is 48.5 Å². The maximum Gasteiger partial charge on any atom is 0.227 e. The van der Waals surface area contributed by atoms with Crippen molar-refractivity contribution < 1.29 is 14.3 Å². The molecular weight excluding hydrogens is 438 g/mol. The van der Waals surface area contributed by atoms with Crippen LogP contribution in [0.4, 0.5) is 5.69 Å². The quantitative estimate of drug-likeness (QED) is 0.375. The molecule has 2 heterocycles. The number of hydrogen-bond acceptors (Lipinski definition) is 4. The average molecular weight is 462 g/mol. The second-order valence-corrected chi connectivity index (χ2v) is 8.46. The first-order valence-electron chi connectivity index (χ1n) is 10.9. The zero-order valence-electron chi connectivity index (χ0n) is 18.3. The maximum absolute atomic E-state index is 12.9. The number of anilines is 1. The first-order valence-corrected chi connectivity index (χ1v) is 11.3. The minimum atomic E-state index is -0.00775. The number of rotatable bonds is 7. The normalized spacial score (nSPS) is 15.9. The highest BCUT2D eigenvalue weighted by molar-refractivity contribution is 6.30. The van der Waals surface area contributed by atoms with Gasteiger partial charge in [-0.3, -0.25) is 4.79 Å². The Kier molecular flexibility index (Phi) is 5.92. The van der Waals surface area contributed by atoms with Gasteiger partial charge in [0.15, 0.2) is 0 Å². The number of halogens is 1. The lowest BCUT2D eigenvalue weighted by Gasteiger charge is -2.18. The van der Waals surface area contributed by atoms with Crippen molar-refractivity contribution in [1.82, 2.24) is 9.55 Å². The highest BCUT2D eigenvalue weighted by Crippen LogP contribution is 2.34. The molecule has 0 N–H and O–H groups in total. The number of aromatic nitrogens is 2. The molecule has 1 aliphatic rings. The van der Waals surface area contributed by atoms with Crippen molar-refractivity contribution in [3.8, 4) is 11.5 Å². The van der Waals surface area contributed by atoms with E-state index in [1.165, 1.54) is 0 Å². The van der Waals surface area contributed by atoms with E-state index in [0.29, 0.717) is 31.1 Å². The molecular formula is C26H24ClN3O3. The van der Waals surface area contributed by atoms with E-state index >= 15 is 0 Å². The standard InChI is InChI=1S/C26H24ClN3O3/c1-32-22-6-4-5-20(16-22)30-17-18(15-25(30)31)26-28-23-7-2-3-8-24(23)29(26)13-14-33-21-11-9-19(27)10-12-21/h2-12,16,18H,13-15,17H2,1H3. The summed E-state index contributed by atoms with van der Waals surface area (Å²) in [7, 11) is 1.63. The number of amides is 1. The number of methoxy groups -OCH3 is 1. The van der Waals surface area contributed by atoms with Crippen LogP contribution in [-0.4, -0.2) is 35.7 Å². The van der Waals surface area contributed by atoms with Crippen LogP contribution in [0.15, 0.2) is 72.8 Å². The van der Waals surface area contributed by atoms with E-state index in [0.717, 1.165) is 34.0 Å². The number of fused-ring (bicyclic) bond motifs is 1. The second kappa shape index (κ2) is 9.16. The number of imidazole rings is 1. The van der Waals surface area contributed by atoms with Gasteiger partial charge in [-0.15, -0.1) is 0 Å². The predicted molar refractivity (Wildman–Crippen MR) is 129 cm³/mol. The van der Waals surface area contributed by atoms with E-state index in [2.05, 4.69) is 10.6 Å². The molecule has 4 aromatic rings. The lowest BCUT2D eigenvalue weighted by Crippen LogP contribution is -2.24. The predicted octanol–water partition coefficient (Wildman–Crippen LogP) is 5.30. The number of carbonyl (C=O) groups excluding carboxylic acids is 1. The highest BCUT2D eigenvalue weighted by Gasteiger charge is 2.35. The summed E-state index contributed by atoms with van der Waals surface area (Å²) in [5.74, 6) is 2.49. The number of benzene rings is 3. The van der Waals surface area contributed by atoms with Crippen molar-refractivity contribution in [2.45, 2.75) is 18.9 Å². The molecule has 6 nitrogen and oxygen atoms in total. The van der Waals surface area contributed by atoms with Crippen LogP contribution in [0.2, 0.25) is 5.02 Å². The minimum absolute atomic E-state index is 0.00775. The van der Waals surface area contributed by atoms with Crippen LogP contribution in [0.5, 0.6) is 11.5 Å². The molecule has 0 saturated carbocycles. The fourth-order valence-electron chi connectivity index (χ4n) is 4.33. The van der Waals surface area contributed by atoms with Gasteiger partial charge in [0.05, 0.1) is 24.7 Å². The SMILES string of the molecule is COc1cccc(N2CC(c3nc4ccccc4n3CCOc3ccc(Cl)cc3)CC2=O)c1. The van der Waals surface area contributed by atoms with Crippen LogP contribution >= 0.6 is 11.6 Å². The van der Waals surface area contributed by atoms with Gasteiger partial charge in [0.1, 0.15) is 23.9 Å². The molecule has 0 aliphatic carbocycles. The molecule has 1 unspecified atom stereocenters. The molecule has 1 saturated heterocycles. The van der Waals surface area contributed by atoms with Crippen LogP contribution in [0.1, 0.15) is 18.2 Å². The van der Waals surface area contributed by atoms with Gasteiger partial charge < -0.3 is 18.9 Å². The average Bonchev–Trinajstić information content (AvgIpc) is 3.41. The van der Waals surface area contributed by atoms with Crippen molar-refractivity contribution in [2.24, 2.45) is 0 Å². The van der Waals surface area contributed by atoms with Gasteiger partial charge in [0.25, 0.3) is 0 Å². The van der Waals surface area contributed by atoms with Gasteiger partial charge in [-0.1, -0.05) is 29.8 Å². The van der Waals surface area contributed by atoms with E-state index in [-0.39, 0.29) is 11.8 Å². The minimum Gasteiger partial charge on any atom is -0.497 e. The Labute approximate surface area is 197 Å². The van der Waals surface area contributed by atoms with E-state index in [9.17, 15) is 4.79 Å². The summed E-state index contributed by atoms with van der Waals surface area (Å²) in [6.45, 7) is 1.69. The molecule has 3 aromatic carbocycles. The Morgan fingerprint density at radius 3 is 2.67 bits per heavy atom. The first-order chi connectivity index (χ1) is 16.1. The summed E-state index contributed by atoms with van der Waals surface area (Å²) in [6.07, 6.45) is 0.415. The Morgan fingerprint density at radius 2 is 1.85 bits per heavy atom. The highest BCUT2D eigenvalue weighted by atomic mass is 35.5. The van der Waals surface area contributed by atoms with Crippen LogP contribution < -0.4 is 14.4 Å². The van der Waals surface area contributed by atoms with Gasteiger partial charge in [0, 0.05) is 35.7 Å². The Hall–Kier alpha value is -3.51. The van der Waals surface area contributed by atoms with Crippen molar-refractivity contribution in [3.05, 3.63) is 83.6 Å². The maximum atomic E-state index is 12.9. The summed E-state index contributed by atoms with van der Waals surface area (Å²) >= 11 is 5.96. The Bertz CT molecular complexity index is 1290. The molecule has 1 aromatic heterocycles. The molecule has 1 aliphatic heterocycles. The van der Waals surface area contributed by atoms with Crippen LogP contribution in [0, 0.1) is 0 Å². The zero-order chi connectivity index (χ0) is 22.8. The van der Waals surface area contributed by atoms with Gasteiger partial charge >= 0.3 is 0 Å². The van der Waals surface area contributed by atoms with Gasteiger partial charge in [-0.2, -0.15) is 0 Å². The van der Waals surface area contributed by atoms with Crippen LogP contribution in [0.25, 0.3) is 11.0 Å². The smallest absolute Gasteiger partial charge is 0.227 e. The van der Waals surface area contributed by atoms with Gasteiger partial charge in [-0.25, -0.2) is 4.98 Å². The summed E-state index contributed by atoms with van der Waals surface area (Å²) < 4.78 is 13.5. The van der Waals surface area contributed by atoms with Crippen molar-refractivity contribution in [1.29, 1.82) is 0 Å². The van der Waals surface area contributed by atoms with E-state index in [1.54, 1.807) is 7.11 Å². The summed E-state index contributed by atoms with van der Waals surface area (Å²) in [6, 6.07) is 23.0. The molecule has 1 atom stereocenters. The molecule has 0 radical (unpaired) electrons. The Morgan fingerprint density at radius 1 is 1.03 bits per heavy atom. The molecule has 33 heavy (non-hydrogen) atoms. The summed E-state index contributed by atoms with van der Waals surface area (Å²) in [5.41, 5.74) is 2.81. The first kappa shape index (κ1) is 21.3. The molecule has 1 amide bonds. The lowest BCUT2D eigenvalue weighted by molar-refractivity contribution is -0.117. The van der Waals surface area contributed by atoms with E-state index < -0.39 is 0 Å². The summed E-state index contributed by atoms with van der Waals surface area (Å²) in [5, 5.41) is 0.678. The third-order valence-electron chi connectivity index (χ3n) is 5.94. The molecule has 1 fully saturated rings. The molecule has 5 rings (SSSR count). The molecule has 0 spiro atoms. The zero-order valence-corrected chi connectivity index (χ0v) is 19.0. The third-order valence-corrected chi connectivity index (χ3v) is 6.19. The van der Waals surface area contributed by atoms with Gasteiger partial charge in [0.2, 0.25) is 5.91 Å². The Balaban J connectivity index is 1.39. The largest absolute Gasteiger partial charge is 0.497 e. The van der Waals surface area contributed by atoms with E-state index in [4.69, 9.17) is 26.1 Å². The van der Waals surface area contributed by atoms with Crippen LogP contribution in [-0.2, 0) is 11.3 Å². The number of ether oxygens (including phenoxy) is 2. The topological polar surface area (TPSA) is 56.6 Å². The van der Waals surface area contributed by atoms with Crippen molar-refractivity contribution >= 4 is 34.2 Å². The number of carbonyl (C=O) groups is 1. The van der Waals surface area contributed by atoms with Crippen LogP contribution in [0.3, 0.4) is 0 Å². The van der Waals surface area contributed by atoms with E-state index in [1.807, 2.05) is 71.6 Å². The van der Waals surface area contributed by atoms with Crippen molar-refractivity contribution in [2.75, 3.05) is 25.2 Å². The summed E-state index contributed by atoms with van der Waals surface area (Å²) in [4.78, 5) is 19.7. The van der Waals surface area contributed by atoms with Crippen molar-refractivity contribution in [3.63, 3.8) is 0 Å². The molecule has 168 valence electrons. The monoisotopic (exact) mass is 461 g/mol. The molecule has 0 bridgehead atoms. The fourth-order valence-corrected chi connectivity index (χ4v) is 4.46. The number of nitrogens with zero attached hydrogens (tertiary/aromatic N) is 3. The number of hydrogen-bond donors (Lipinski definition) is 0. The number of para-hydroxylation sites is 2. The molecule has 7 heteroatoms.